The van der Waals surface area contributed by atoms with Crippen molar-refractivity contribution in [2.45, 2.75) is 0 Å². The molecule has 0 atom stereocenters. The van der Waals surface area contributed by atoms with Crippen LogP contribution in [-0.4, -0.2) is 25.2 Å². The monoisotopic (exact) mass is 542 g/mol. The maximum Gasteiger partial charge on any atom is 0.355 e. The van der Waals surface area contributed by atoms with Gasteiger partial charge in [-0.05, 0) is 48.0 Å². The number of ether oxygens (including phenoxy) is 2. The zero-order valence-corrected chi connectivity index (χ0v) is 20.3. The summed E-state index contributed by atoms with van der Waals surface area (Å²) < 4.78 is 12.6. The highest BCUT2D eigenvalue weighted by molar-refractivity contribution is 9.10. The molecule has 33 heavy (non-hydrogen) atoms. The summed E-state index contributed by atoms with van der Waals surface area (Å²) in [5, 5.41) is 5.15. The van der Waals surface area contributed by atoms with Crippen molar-refractivity contribution in [2.24, 2.45) is 5.10 Å². The van der Waals surface area contributed by atoms with Crippen LogP contribution in [-0.2, 0) is 0 Å². The summed E-state index contributed by atoms with van der Waals surface area (Å²) in [7, 11) is 1.47. The van der Waals surface area contributed by atoms with E-state index in [1.165, 1.54) is 24.7 Å². The minimum absolute atomic E-state index is 0.242. The highest BCUT2D eigenvalue weighted by Crippen LogP contribution is 2.37. The van der Waals surface area contributed by atoms with Gasteiger partial charge >= 0.3 is 5.97 Å². The molecule has 0 aliphatic heterocycles. The van der Waals surface area contributed by atoms with Crippen LogP contribution in [0.25, 0.3) is 10.1 Å². The number of hydrogen-bond acceptors (Lipinski definition) is 6. The third-order valence-corrected chi connectivity index (χ3v) is 6.73. The van der Waals surface area contributed by atoms with E-state index in [1.54, 1.807) is 36.4 Å². The van der Waals surface area contributed by atoms with Crippen LogP contribution < -0.4 is 14.9 Å². The number of carbonyl (C=O) groups excluding carboxylic acids is 2. The molecule has 1 heterocycles. The maximum atomic E-state index is 12.7. The van der Waals surface area contributed by atoms with E-state index >= 15 is 0 Å². The third kappa shape index (κ3) is 5.24. The zero-order valence-electron chi connectivity index (χ0n) is 17.2. The molecule has 0 aliphatic carbocycles. The van der Waals surface area contributed by atoms with E-state index in [0.29, 0.717) is 26.8 Å². The molecule has 0 saturated carbocycles. The summed E-state index contributed by atoms with van der Waals surface area (Å²) in [6.07, 6.45) is 1.47. The second-order valence-corrected chi connectivity index (χ2v) is 9.10. The van der Waals surface area contributed by atoms with Crippen LogP contribution >= 0.6 is 38.9 Å². The molecule has 166 valence electrons. The first kappa shape index (κ1) is 23.0. The number of nitrogens with zero attached hydrogens (tertiary/aromatic N) is 1. The third-order valence-electron chi connectivity index (χ3n) is 4.58. The number of benzene rings is 3. The summed E-state index contributed by atoms with van der Waals surface area (Å²) in [5.74, 6) is -0.332. The molecule has 6 nitrogen and oxygen atoms in total. The number of carbonyl (C=O) groups is 2. The number of hydrogen-bond donors (Lipinski definition) is 1. The molecule has 0 spiro atoms. The van der Waals surface area contributed by atoms with Gasteiger partial charge in [-0.1, -0.05) is 51.8 Å². The molecule has 3 aromatic carbocycles. The molecule has 0 unspecified atom stereocenters. The number of halogens is 2. The number of nitrogens with one attached hydrogen (secondary N) is 1. The average molecular weight is 544 g/mol. The Morgan fingerprint density at radius 2 is 1.88 bits per heavy atom. The van der Waals surface area contributed by atoms with Gasteiger partial charge in [-0.15, -0.1) is 11.3 Å². The topological polar surface area (TPSA) is 77.0 Å². The Kier molecular flexibility index (Phi) is 7.08. The van der Waals surface area contributed by atoms with Crippen LogP contribution in [0.4, 0.5) is 0 Å². The van der Waals surface area contributed by atoms with Gasteiger partial charge in [0.2, 0.25) is 0 Å². The van der Waals surface area contributed by atoms with Gasteiger partial charge in [0, 0.05) is 20.1 Å². The number of hydrazone groups is 1. The first-order chi connectivity index (χ1) is 16.0. The molecular formula is C24H16BrClN2O4S. The second kappa shape index (κ2) is 10.2. The summed E-state index contributed by atoms with van der Waals surface area (Å²) in [4.78, 5) is 25.2. The molecule has 0 saturated heterocycles. The van der Waals surface area contributed by atoms with Crippen molar-refractivity contribution in [1.29, 1.82) is 0 Å². The summed E-state index contributed by atoms with van der Waals surface area (Å²) in [6, 6.07) is 19.4. The second-order valence-electron chi connectivity index (χ2n) is 6.75. The molecule has 9 heteroatoms. The average Bonchev–Trinajstić information content (AvgIpc) is 3.16. The number of rotatable bonds is 6. The molecule has 4 aromatic rings. The fraction of sp³-hybridized carbons (Fsp3) is 0.0417. The predicted molar refractivity (Wildman–Crippen MR) is 134 cm³/mol. The fourth-order valence-corrected chi connectivity index (χ4v) is 4.78. The van der Waals surface area contributed by atoms with Gasteiger partial charge in [0.05, 0.1) is 18.3 Å². The maximum absolute atomic E-state index is 12.7. The summed E-state index contributed by atoms with van der Waals surface area (Å²) in [6.45, 7) is 0. The van der Waals surface area contributed by atoms with Crippen molar-refractivity contribution in [1.82, 2.24) is 5.43 Å². The Labute approximate surface area is 206 Å². The Balaban J connectivity index is 1.47. The molecule has 0 radical (unpaired) electrons. The van der Waals surface area contributed by atoms with Gasteiger partial charge in [-0.2, -0.15) is 5.10 Å². The quantitative estimate of drug-likeness (QED) is 0.134. The Morgan fingerprint density at radius 3 is 2.64 bits per heavy atom. The van der Waals surface area contributed by atoms with Crippen molar-refractivity contribution in [2.75, 3.05) is 7.11 Å². The van der Waals surface area contributed by atoms with Crippen molar-refractivity contribution in [3.63, 3.8) is 0 Å². The van der Waals surface area contributed by atoms with Crippen molar-refractivity contribution in [3.8, 4) is 11.5 Å². The van der Waals surface area contributed by atoms with Crippen LogP contribution in [0.15, 0.2) is 76.3 Å². The summed E-state index contributed by atoms with van der Waals surface area (Å²) in [5.41, 5.74) is 3.58. The van der Waals surface area contributed by atoms with Crippen LogP contribution in [0.5, 0.6) is 11.5 Å². The molecular weight excluding hydrogens is 528 g/mol. The highest BCUT2D eigenvalue weighted by atomic mass is 79.9. The van der Waals surface area contributed by atoms with Crippen LogP contribution in [0.2, 0.25) is 5.02 Å². The van der Waals surface area contributed by atoms with Gasteiger partial charge in [0.1, 0.15) is 4.88 Å². The lowest BCUT2D eigenvalue weighted by molar-refractivity contribution is 0.0734. The lowest BCUT2D eigenvalue weighted by Gasteiger charge is -2.09. The minimum Gasteiger partial charge on any atom is -0.493 e. The van der Waals surface area contributed by atoms with E-state index < -0.39 is 5.97 Å². The SMILES string of the molecule is COc1cc(/C=N/NC(=O)c2cccc(Br)c2)ccc1OC(=O)c1sc2ccccc2c1Cl. The van der Waals surface area contributed by atoms with E-state index in [0.717, 1.165) is 14.6 Å². The Morgan fingerprint density at radius 1 is 1.06 bits per heavy atom. The van der Waals surface area contributed by atoms with Crippen molar-refractivity contribution < 1.29 is 19.1 Å². The molecule has 0 bridgehead atoms. The number of amides is 1. The number of esters is 1. The van der Waals surface area contributed by atoms with Gasteiger partial charge in [-0.25, -0.2) is 10.2 Å². The molecule has 1 amide bonds. The van der Waals surface area contributed by atoms with E-state index in [4.69, 9.17) is 21.1 Å². The van der Waals surface area contributed by atoms with Crippen molar-refractivity contribution >= 4 is 67.0 Å². The predicted octanol–water partition coefficient (Wildman–Crippen LogP) is 6.31. The van der Waals surface area contributed by atoms with Crippen LogP contribution in [0, 0.1) is 0 Å². The van der Waals surface area contributed by atoms with Crippen LogP contribution in [0.1, 0.15) is 25.6 Å². The standard InChI is InChI=1S/C24H16BrClN2O4S/c1-31-19-11-14(13-27-28-23(29)15-5-4-6-16(25)12-15)9-10-18(19)32-24(30)22-21(26)17-7-2-3-8-20(17)33-22/h2-13H,1H3,(H,28,29)/b27-13+. The number of methoxy groups -OCH3 is 1. The number of thiophene rings is 1. The van der Waals surface area contributed by atoms with E-state index in [1.807, 2.05) is 30.3 Å². The first-order valence-electron chi connectivity index (χ1n) is 9.62. The van der Waals surface area contributed by atoms with Gasteiger partial charge in [0.15, 0.2) is 11.5 Å². The molecule has 1 aromatic heterocycles. The fourth-order valence-electron chi connectivity index (χ4n) is 3.00. The Hall–Kier alpha value is -3.20. The van der Waals surface area contributed by atoms with E-state index in [9.17, 15) is 9.59 Å². The minimum atomic E-state index is -0.567. The summed E-state index contributed by atoms with van der Waals surface area (Å²) >= 11 is 11.0. The molecule has 4 rings (SSSR count). The zero-order chi connectivity index (χ0) is 23.4. The highest BCUT2D eigenvalue weighted by Gasteiger charge is 2.20. The van der Waals surface area contributed by atoms with Crippen LogP contribution in [0.3, 0.4) is 0 Å². The molecule has 0 fully saturated rings. The largest absolute Gasteiger partial charge is 0.493 e. The van der Waals surface area contributed by atoms with Gasteiger partial charge < -0.3 is 9.47 Å². The number of fused-ring (bicyclic) bond motifs is 1. The van der Waals surface area contributed by atoms with E-state index in [-0.39, 0.29) is 11.7 Å². The van der Waals surface area contributed by atoms with Crippen molar-refractivity contribution in [3.05, 3.63) is 92.2 Å². The smallest absolute Gasteiger partial charge is 0.355 e. The van der Waals surface area contributed by atoms with E-state index in [2.05, 4.69) is 26.5 Å². The lowest BCUT2D eigenvalue weighted by atomic mass is 10.2. The Bertz CT molecular complexity index is 1390. The molecule has 1 N–H and O–H groups in total. The van der Waals surface area contributed by atoms with Gasteiger partial charge in [0.25, 0.3) is 5.91 Å². The lowest BCUT2D eigenvalue weighted by Crippen LogP contribution is -2.17. The normalized spacial score (nSPS) is 11.0. The van der Waals surface area contributed by atoms with Gasteiger partial charge in [-0.3, -0.25) is 4.79 Å². The molecule has 0 aliphatic rings. The first-order valence-corrected chi connectivity index (χ1v) is 11.6.